The summed E-state index contributed by atoms with van der Waals surface area (Å²) >= 11 is 6.10. The Morgan fingerprint density at radius 3 is 2.72 bits per heavy atom. The summed E-state index contributed by atoms with van der Waals surface area (Å²) < 4.78 is 20.1. The molecule has 1 fully saturated rings. The van der Waals surface area contributed by atoms with Gasteiger partial charge in [-0.25, -0.2) is 4.39 Å². The number of nitrogens with zero attached hydrogens (tertiary/aromatic N) is 2. The van der Waals surface area contributed by atoms with E-state index in [4.69, 9.17) is 16.3 Å². The molecule has 0 saturated carbocycles. The molecule has 0 radical (unpaired) electrons. The van der Waals surface area contributed by atoms with Crippen molar-refractivity contribution < 1.29 is 18.7 Å². The second-order valence-electron chi connectivity index (χ2n) is 9.05. The largest absolute Gasteiger partial charge is 0.378 e. The maximum absolute atomic E-state index is 14.8. The Morgan fingerprint density at radius 1 is 1.17 bits per heavy atom. The molecule has 188 valence electrons. The Kier molecular flexibility index (Phi) is 6.68. The zero-order chi connectivity index (χ0) is 25.4. The molecule has 5 rings (SSSR count). The van der Waals surface area contributed by atoms with Gasteiger partial charge < -0.3 is 24.8 Å². The number of pyridine rings is 1. The van der Waals surface area contributed by atoms with Crippen LogP contribution in [0.15, 0.2) is 41.2 Å². The lowest BCUT2D eigenvalue weighted by molar-refractivity contribution is -0.131. The fourth-order valence-corrected chi connectivity index (χ4v) is 5.08. The van der Waals surface area contributed by atoms with Crippen molar-refractivity contribution in [2.24, 2.45) is 0 Å². The molecule has 0 unspecified atom stereocenters. The number of aromatic amines is 1. The highest BCUT2D eigenvalue weighted by molar-refractivity contribution is 6.30. The molecule has 1 saturated heterocycles. The lowest BCUT2D eigenvalue weighted by Crippen LogP contribution is -2.41. The van der Waals surface area contributed by atoms with Crippen molar-refractivity contribution in [2.75, 3.05) is 44.7 Å². The van der Waals surface area contributed by atoms with E-state index in [0.29, 0.717) is 49.7 Å². The maximum atomic E-state index is 14.8. The molecule has 10 heteroatoms. The second-order valence-corrected chi connectivity index (χ2v) is 9.48. The summed E-state index contributed by atoms with van der Waals surface area (Å²) in [6, 6.07) is 9.66. The van der Waals surface area contributed by atoms with Crippen molar-refractivity contribution in [3.63, 3.8) is 0 Å². The van der Waals surface area contributed by atoms with E-state index in [0.717, 1.165) is 17.2 Å². The van der Waals surface area contributed by atoms with E-state index in [1.165, 1.54) is 12.1 Å². The Labute approximate surface area is 212 Å². The van der Waals surface area contributed by atoms with Crippen LogP contribution in [0.3, 0.4) is 0 Å². The van der Waals surface area contributed by atoms with E-state index in [-0.39, 0.29) is 41.2 Å². The van der Waals surface area contributed by atoms with E-state index in [2.05, 4.69) is 10.3 Å². The predicted octanol–water partition coefficient (Wildman–Crippen LogP) is 3.35. The summed E-state index contributed by atoms with van der Waals surface area (Å²) in [6.07, 6.45) is 0.693. The van der Waals surface area contributed by atoms with E-state index in [1.807, 2.05) is 25.1 Å². The smallest absolute Gasteiger partial charge is 0.270 e. The molecule has 3 aromatic rings. The van der Waals surface area contributed by atoms with Crippen LogP contribution in [0.25, 0.3) is 10.8 Å². The molecule has 36 heavy (non-hydrogen) atoms. The van der Waals surface area contributed by atoms with Crippen molar-refractivity contribution in [1.29, 1.82) is 0 Å². The van der Waals surface area contributed by atoms with Crippen molar-refractivity contribution in [3.05, 3.63) is 74.4 Å². The third-order valence-electron chi connectivity index (χ3n) is 6.86. The molecule has 2 aliphatic rings. The lowest BCUT2D eigenvalue weighted by Gasteiger charge is -2.35. The number of aromatic nitrogens is 1. The first-order chi connectivity index (χ1) is 17.3. The number of amides is 2. The number of rotatable bonds is 4. The van der Waals surface area contributed by atoms with Gasteiger partial charge in [0.2, 0.25) is 5.91 Å². The number of carbonyl (C=O) groups excluding carboxylic acids is 2. The van der Waals surface area contributed by atoms with Gasteiger partial charge in [0.1, 0.15) is 11.5 Å². The number of fused-ring (bicyclic) bond motifs is 2. The number of H-pyrrole nitrogens is 1. The average Bonchev–Trinajstić information content (AvgIpc) is 2.88. The third kappa shape index (κ3) is 4.68. The van der Waals surface area contributed by atoms with Gasteiger partial charge in [-0.15, -0.1) is 0 Å². The summed E-state index contributed by atoms with van der Waals surface area (Å²) in [5.41, 5.74) is 1.84. The molecule has 1 aromatic heterocycles. The van der Waals surface area contributed by atoms with E-state index in [1.54, 1.807) is 9.80 Å². The first-order valence-electron chi connectivity index (χ1n) is 11.9. The SMILES string of the molecule is C[C@H]1c2ccc(Cl)cc2CCN1C(=O)CNc1cc2cc(C(=O)N3CCOCC3)[nH]c(=O)c2cc1F. The minimum absolute atomic E-state index is 0.0862. The summed E-state index contributed by atoms with van der Waals surface area (Å²) in [5, 5.41) is 4.08. The van der Waals surface area contributed by atoms with Crippen molar-refractivity contribution in [3.8, 4) is 0 Å². The highest BCUT2D eigenvalue weighted by Gasteiger charge is 2.27. The number of hydrogen-bond donors (Lipinski definition) is 2. The van der Waals surface area contributed by atoms with Crippen LogP contribution in [0.1, 0.15) is 34.6 Å². The molecule has 8 nitrogen and oxygen atoms in total. The normalized spacial score (nSPS) is 17.7. The third-order valence-corrected chi connectivity index (χ3v) is 7.09. The number of nitrogens with one attached hydrogen (secondary N) is 2. The van der Waals surface area contributed by atoms with Crippen molar-refractivity contribution >= 4 is 39.9 Å². The molecule has 3 heterocycles. The standard InChI is InChI=1S/C26H26ClFN4O4/c1-15-19-3-2-18(27)10-16(19)4-5-32(15)24(33)14-29-22-11-17-12-23(26(35)31-6-8-36-9-7-31)30-25(34)20(17)13-21(22)28/h2-3,10-13,15,29H,4-9,14H2,1H3,(H,30,34)/t15-/m0/s1. The Balaban J connectivity index is 1.34. The van der Waals surface area contributed by atoms with Gasteiger partial charge in [-0.2, -0.15) is 0 Å². The number of anilines is 1. The summed E-state index contributed by atoms with van der Waals surface area (Å²) in [5.74, 6) is -1.14. The maximum Gasteiger partial charge on any atom is 0.270 e. The highest BCUT2D eigenvalue weighted by Crippen LogP contribution is 2.31. The molecule has 0 spiro atoms. The molecular formula is C26H26ClFN4O4. The van der Waals surface area contributed by atoms with Gasteiger partial charge in [-0.1, -0.05) is 17.7 Å². The molecular weight excluding hydrogens is 487 g/mol. The summed E-state index contributed by atoms with van der Waals surface area (Å²) in [6.45, 7) is 4.13. The van der Waals surface area contributed by atoms with Crippen LogP contribution in [0.4, 0.5) is 10.1 Å². The molecule has 0 bridgehead atoms. The van der Waals surface area contributed by atoms with Crippen molar-refractivity contribution in [1.82, 2.24) is 14.8 Å². The zero-order valence-corrected chi connectivity index (χ0v) is 20.5. The number of halogens is 2. The van der Waals surface area contributed by atoms with Gasteiger partial charge in [-0.05, 0) is 60.2 Å². The van der Waals surface area contributed by atoms with Crippen LogP contribution >= 0.6 is 11.6 Å². The Bertz CT molecular complexity index is 1400. The van der Waals surface area contributed by atoms with Gasteiger partial charge >= 0.3 is 0 Å². The van der Waals surface area contributed by atoms with E-state index < -0.39 is 11.4 Å². The Morgan fingerprint density at radius 2 is 1.94 bits per heavy atom. The van der Waals surface area contributed by atoms with Gasteiger partial charge in [-0.3, -0.25) is 14.4 Å². The average molecular weight is 513 g/mol. The fraction of sp³-hybridized carbons (Fsp3) is 0.346. The van der Waals surface area contributed by atoms with Crippen LogP contribution < -0.4 is 10.9 Å². The molecule has 2 aromatic carbocycles. The summed E-state index contributed by atoms with van der Waals surface area (Å²) in [4.78, 5) is 44.3. The quantitative estimate of drug-likeness (QED) is 0.559. The minimum atomic E-state index is -0.653. The van der Waals surface area contributed by atoms with Crippen LogP contribution in [-0.2, 0) is 16.0 Å². The zero-order valence-electron chi connectivity index (χ0n) is 19.8. The van der Waals surface area contributed by atoms with E-state index >= 15 is 0 Å². The number of carbonyl (C=O) groups is 2. The van der Waals surface area contributed by atoms with Crippen LogP contribution in [0.5, 0.6) is 0 Å². The Hall–Kier alpha value is -3.43. The topological polar surface area (TPSA) is 94.7 Å². The van der Waals surface area contributed by atoms with Gasteiger partial charge in [0.15, 0.2) is 0 Å². The number of morpholine rings is 1. The van der Waals surface area contributed by atoms with Gasteiger partial charge in [0, 0.05) is 24.7 Å². The monoisotopic (exact) mass is 512 g/mol. The molecule has 2 aliphatic heterocycles. The van der Waals surface area contributed by atoms with Crippen LogP contribution in [0, 0.1) is 5.82 Å². The highest BCUT2D eigenvalue weighted by atomic mass is 35.5. The summed E-state index contributed by atoms with van der Waals surface area (Å²) in [7, 11) is 0. The second kappa shape index (κ2) is 9.91. The van der Waals surface area contributed by atoms with Crippen LogP contribution in [0.2, 0.25) is 5.02 Å². The number of ether oxygens (including phenoxy) is 1. The van der Waals surface area contributed by atoms with Gasteiger partial charge in [0.25, 0.3) is 11.5 Å². The fourth-order valence-electron chi connectivity index (χ4n) is 4.89. The van der Waals surface area contributed by atoms with Crippen molar-refractivity contribution in [2.45, 2.75) is 19.4 Å². The molecule has 0 aliphatic carbocycles. The minimum Gasteiger partial charge on any atom is -0.378 e. The number of hydrogen-bond acceptors (Lipinski definition) is 5. The first-order valence-corrected chi connectivity index (χ1v) is 12.2. The lowest BCUT2D eigenvalue weighted by atomic mass is 9.93. The number of benzene rings is 2. The molecule has 2 amide bonds. The van der Waals surface area contributed by atoms with E-state index in [9.17, 15) is 18.8 Å². The molecule has 2 N–H and O–H groups in total. The molecule has 1 atom stereocenters. The first kappa shape index (κ1) is 24.3. The predicted molar refractivity (Wildman–Crippen MR) is 135 cm³/mol. The van der Waals surface area contributed by atoms with Gasteiger partial charge in [0.05, 0.1) is 36.9 Å². The van der Waals surface area contributed by atoms with Crippen LogP contribution in [-0.4, -0.2) is 66.0 Å².